The quantitative estimate of drug-likeness (QED) is 0.544. The minimum atomic E-state index is -0.830. The lowest BCUT2D eigenvalue weighted by Gasteiger charge is -2.08. The number of imide groups is 1. The molecule has 0 radical (unpaired) electrons. The average Bonchev–Trinajstić information content (AvgIpc) is 1.84. The molecule has 0 bridgehead atoms. The molecule has 0 fully saturated rings. The van der Waals surface area contributed by atoms with E-state index >= 15 is 0 Å². The molecular formula is C7H15N3O2. The molecule has 0 saturated carbocycles. The average molecular weight is 173 g/mol. The summed E-state index contributed by atoms with van der Waals surface area (Å²) in [7, 11) is 0. The van der Waals surface area contributed by atoms with E-state index in [0.717, 1.165) is 12.8 Å². The summed E-state index contributed by atoms with van der Waals surface area (Å²) in [5.74, 6) is -0.413. The zero-order chi connectivity index (χ0) is 9.56. The van der Waals surface area contributed by atoms with Crippen molar-refractivity contribution < 1.29 is 9.59 Å². The number of carbonyl (C=O) groups excluding carboxylic acids is 2. The summed E-state index contributed by atoms with van der Waals surface area (Å²) < 4.78 is 0. The Hall–Kier alpha value is -1.10. The Kier molecular flexibility index (Phi) is 5.03. The molecular weight excluding hydrogens is 158 g/mol. The number of primary amides is 1. The first kappa shape index (κ1) is 10.9. The van der Waals surface area contributed by atoms with Crippen molar-refractivity contribution in [1.82, 2.24) is 5.32 Å². The second kappa shape index (κ2) is 5.54. The number of carbonyl (C=O) groups is 2. The molecule has 0 aliphatic heterocycles. The lowest BCUT2D eigenvalue weighted by molar-refractivity contribution is -0.120. The third-order valence-electron chi connectivity index (χ3n) is 1.37. The second-order valence-electron chi connectivity index (χ2n) is 2.67. The van der Waals surface area contributed by atoms with Crippen LogP contribution in [0.3, 0.4) is 0 Å². The van der Waals surface area contributed by atoms with E-state index in [1.807, 2.05) is 12.2 Å². The highest BCUT2D eigenvalue weighted by molar-refractivity contribution is 5.93. The van der Waals surface area contributed by atoms with Gasteiger partial charge in [0.1, 0.15) is 0 Å². The van der Waals surface area contributed by atoms with Gasteiger partial charge in [0.25, 0.3) is 0 Å². The molecule has 0 aromatic heterocycles. The first-order valence-corrected chi connectivity index (χ1v) is 3.91. The minimum absolute atomic E-state index is 0.150. The van der Waals surface area contributed by atoms with Gasteiger partial charge < -0.3 is 11.5 Å². The number of nitrogens with one attached hydrogen (secondary N) is 1. The van der Waals surface area contributed by atoms with Crippen LogP contribution in [-0.4, -0.2) is 18.0 Å². The normalized spacial score (nSPS) is 12.2. The van der Waals surface area contributed by atoms with E-state index in [-0.39, 0.29) is 12.5 Å². The summed E-state index contributed by atoms with van der Waals surface area (Å²) in [6.07, 6.45) is 1.84. The molecule has 0 saturated heterocycles. The van der Waals surface area contributed by atoms with Crippen molar-refractivity contribution in [3.63, 3.8) is 0 Å². The summed E-state index contributed by atoms with van der Waals surface area (Å²) >= 11 is 0. The van der Waals surface area contributed by atoms with Gasteiger partial charge in [-0.3, -0.25) is 10.1 Å². The number of hydrogen-bond acceptors (Lipinski definition) is 3. The Morgan fingerprint density at radius 2 is 2.08 bits per heavy atom. The van der Waals surface area contributed by atoms with Gasteiger partial charge in [-0.25, -0.2) is 4.79 Å². The zero-order valence-electron chi connectivity index (χ0n) is 7.17. The van der Waals surface area contributed by atoms with Crippen LogP contribution in [0.25, 0.3) is 0 Å². The molecule has 70 valence electrons. The maximum Gasteiger partial charge on any atom is 0.318 e. The summed E-state index contributed by atoms with van der Waals surface area (Å²) in [4.78, 5) is 21.0. The van der Waals surface area contributed by atoms with Gasteiger partial charge in [-0.2, -0.15) is 0 Å². The molecule has 1 unspecified atom stereocenters. The van der Waals surface area contributed by atoms with E-state index in [1.54, 1.807) is 0 Å². The number of amides is 3. The highest BCUT2D eigenvalue weighted by Crippen LogP contribution is 1.97. The van der Waals surface area contributed by atoms with Crippen LogP contribution >= 0.6 is 0 Å². The van der Waals surface area contributed by atoms with E-state index in [4.69, 9.17) is 11.5 Å². The Morgan fingerprint density at radius 1 is 1.50 bits per heavy atom. The third-order valence-corrected chi connectivity index (χ3v) is 1.37. The summed E-state index contributed by atoms with van der Waals surface area (Å²) in [5, 5.41) is 1.95. The van der Waals surface area contributed by atoms with E-state index in [1.165, 1.54) is 0 Å². The first-order valence-electron chi connectivity index (χ1n) is 3.91. The molecule has 0 heterocycles. The van der Waals surface area contributed by atoms with Gasteiger partial charge in [-0.1, -0.05) is 13.3 Å². The van der Waals surface area contributed by atoms with Gasteiger partial charge in [0.05, 0.1) is 0 Å². The minimum Gasteiger partial charge on any atom is -0.351 e. The molecule has 0 aromatic rings. The molecule has 0 aliphatic rings. The van der Waals surface area contributed by atoms with Gasteiger partial charge in [-0.05, 0) is 6.42 Å². The zero-order valence-corrected chi connectivity index (χ0v) is 7.17. The highest BCUT2D eigenvalue weighted by atomic mass is 16.2. The smallest absolute Gasteiger partial charge is 0.318 e. The SMILES string of the molecule is CCCC(N)CC(=O)NC(N)=O. The Labute approximate surface area is 71.5 Å². The van der Waals surface area contributed by atoms with Crippen molar-refractivity contribution >= 4 is 11.9 Å². The molecule has 5 N–H and O–H groups in total. The van der Waals surface area contributed by atoms with Gasteiger partial charge in [-0.15, -0.1) is 0 Å². The van der Waals surface area contributed by atoms with Crippen LogP contribution < -0.4 is 16.8 Å². The second-order valence-corrected chi connectivity index (χ2v) is 2.67. The van der Waals surface area contributed by atoms with Crippen molar-refractivity contribution in [2.75, 3.05) is 0 Å². The molecule has 5 heteroatoms. The van der Waals surface area contributed by atoms with Crippen LogP contribution in [0.2, 0.25) is 0 Å². The predicted molar refractivity (Wildman–Crippen MR) is 45.2 cm³/mol. The Morgan fingerprint density at radius 3 is 2.50 bits per heavy atom. The van der Waals surface area contributed by atoms with Crippen molar-refractivity contribution in [2.45, 2.75) is 32.2 Å². The molecule has 3 amide bonds. The van der Waals surface area contributed by atoms with Crippen molar-refractivity contribution in [3.05, 3.63) is 0 Å². The largest absolute Gasteiger partial charge is 0.351 e. The van der Waals surface area contributed by atoms with Crippen LogP contribution in [0, 0.1) is 0 Å². The molecule has 12 heavy (non-hydrogen) atoms. The van der Waals surface area contributed by atoms with Gasteiger partial charge in [0.2, 0.25) is 5.91 Å². The molecule has 1 atom stereocenters. The molecule has 0 rings (SSSR count). The monoisotopic (exact) mass is 173 g/mol. The Balaban J connectivity index is 3.61. The van der Waals surface area contributed by atoms with Crippen LogP contribution in [0.15, 0.2) is 0 Å². The fourth-order valence-electron chi connectivity index (χ4n) is 0.899. The van der Waals surface area contributed by atoms with E-state index in [0.29, 0.717) is 0 Å². The number of hydrogen-bond donors (Lipinski definition) is 3. The lowest BCUT2D eigenvalue weighted by Crippen LogP contribution is -2.38. The van der Waals surface area contributed by atoms with Gasteiger partial charge in [0, 0.05) is 12.5 Å². The van der Waals surface area contributed by atoms with E-state index < -0.39 is 11.9 Å². The molecule has 5 nitrogen and oxygen atoms in total. The maximum absolute atomic E-state index is 10.8. The van der Waals surface area contributed by atoms with Gasteiger partial charge in [0.15, 0.2) is 0 Å². The molecule has 0 spiro atoms. The standard InChI is InChI=1S/C7H15N3O2/c1-2-3-5(8)4-6(11)10-7(9)12/h5H,2-4,8H2,1H3,(H3,9,10,11,12). The fourth-order valence-corrected chi connectivity index (χ4v) is 0.899. The molecule has 0 aromatic carbocycles. The third kappa shape index (κ3) is 5.67. The summed E-state index contributed by atoms with van der Waals surface area (Å²) in [5.41, 5.74) is 10.3. The van der Waals surface area contributed by atoms with Crippen LogP contribution in [0.4, 0.5) is 4.79 Å². The lowest BCUT2D eigenvalue weighted by atomic mass is 10.1. The predicted octanol–water partition coefficient (Wildman–Crippen LogP) is -0.301. The van der Waals surface area contributed by atoms with E-state index in [2.05, 4.69) is 0 Å². The maximum atomic E-state index is 10.8. The van der Waals surface area contributed by atoms with Gasteiger partial charge >= 0.3 is 6.03 Å². The highest BCUT2D eigenvalue weighted by Gasteiger charge is 2.09. The summed E-state index contributed by atoms with van der Waals surface area (Å²) in [6.45, 7) is 1.98. The van der Waals surface area contributed by atoms with Crippen molar-refractivity contribution in [3.8, 4) is 0 Å². The Bertz CT molecular complexity index is 170. The van der Waals surface area contributed by atoms with Crippen LogP contribution in [0.5, 0.6) is 0 Å². The first-order chi connectivity index (χ1) is 5.56. The number of rotatable bonds is 4. The van der Waals surface area contributed by atoms with Crippen molar-refractivity contribution in [1.29, 1.82) is 0 Å². The van der Waals surface area contributed by atoms with E-state index in [9.17, 15) is 9.59 Å². The topological polar surface area (TPSA) is 98.2 Å². The summed E-state index contributed by atoms with van der Waals surface area (Å²) in [6, 6.07) is -1.02. The molecule has 0 aliphatic carbocycles. The fraction of sp³-hybridized carbons (Fsp3) is 0.714. The number of nitrogens with two attached hydrogens (primary N) is 2. The van der Waals surface area contributed by atoms with Crippen LogP contribution in [-0.2, 0) is 4.79 Å². The number of urea groups is 1. The van der Waals surface area contributed by atoms with Crippen LogP contribution in [0.1, 0.15) is 26.2 Å². The van der Waals surface area contributed by atoms with Crippen molar-refractivity contribution in [2.24, 2.45) is 11.5 Å².